The van der Waals surface area contributed by atoms with Crippen molar-refractivity contribution < 1.29 is 14.3 Å². The molecule has 0 spiro atoms. The van der Waals surface area contributed by atoms with Gasteiger partial charge in [-0.25, -0.2) is 0 Å². The third-order valence-electron chi connectivity index (χ3n) is 4.27. The van der Waals surface area contributed by atoms with Crippen LogP contribution in [0.25, 0.3) is 10.6 Å². The molecule has 0 atom stereocenters. The lowest BCUT2D eigenvalue weighted by Crippen LogP contribution is -2.39. The zero-order chi connectivity index (χ0) is 16.8. The zero-order valence-electron chi connectivity index (χ0n) is 13.9. The van der Waals surface area contributed by atoms with E-state index in [1.54, 1.807) is 18.4 Å². The van der Waals surface area contributed by atoms with Crippen LogP contribution in [0.5, 0.6) is 0 Å². The summed E-state index contributed by atoms with van der Waals surface area (Å²) in [5.74, 6) is 0.527. The summed E-state index contributed by atoms with van der Waals surface area (Å²) in [6, 6.07) is 5.84. The molecule has 1 aliphatic heterocycles. The second-order valence-electron chi connectivity index (χ2n) is 5.95. The van der Waals surface area contributed by atoms with Crippen LogP contribution in [0.1, 0.15) is 23.3 Å². The summed E-state index contributed by atoms with van der Waals surface area (Å²) in [7, 11) is 1.67. The highest BCUT2D eigenvalue weighted by atomic mass is 32.1. The monoisotopic (exact) mass is 349 g/mol. The van der Waals surface area contributed by atoms with Crippen LogP contribution in [-0.2, 0) is 9.47 Å². The molecule has 1 fully saturated rings. The lowest BCUT2D eigenvalue weighted by atomic mass is 9.97. The molecule has 2 aromatic heterocycles. The number of H-pyrrole nitrogens is 1. The third kappa shape index (κ3) is 4.23. The molecule has 1 N–H and O–H groups in total. The van der Waals surface area contributed by atoms with Crippen LogP contribution < -0.4 is 0 Å². The second-order valence-corrected chi connectivity index (χ2v) is 6.90. The van der Waals surface area contributed by atoms with E-state index in [9.17, 15) is 4.79 Å². The zero-order valence-corrected chi connectivity index (χ0v) is 14.7. The number of amides is 1. The molecule has 3 heterocycles. The van der Waals surface area contributed by atoms with Gasteiger partial charge in [0.1, 0.15) is 0 Å². The number of nitrogens with one attached hydrogen (secondary N) is 1. The van der Waals surface area contributed by atoms with Gasteiger partial charge in [-0.2, -0.15) is 5.10 Å². The first-order chi connectivity index (χ1) is 11.8. The maximum atomic E-state index is 12.6. The molecule has 0 aromatic carbocycles. The molecule has 0 bridgehead atoms. The molecular formula is C17H23N3O3S. The topological polar surface area (TPSA) is 67.5 Å². The fourth-order valence-corrected chi connectivity index (χ4v) is 3.54. The van der Waals surface area contributed by atoms with Gasteiger partial charge in [0.25, 0.3) is 5.91 Å². The summed E-state index contributed by atoms with van der Waals surface area (Å²) in [5.41, 5.74) is 1.39. The van der Waals surface area contributed by atoms with E-state index in [1.807, 2.05) is 28.5 Å². The minimum absolute atomic E-state index is 0.00723. The number of hydrogen-bond acceptors (Lipinski definition) is 5. The Morgan fingerprint density at radius 2 is 2.25 bits per heavy atom. The maximum Gasteiger partial charge on any atom is 0.274 e. The molecule has 0 unspecified atom stereocenters. The van der Waals surface area contributed by atoms with Crippen molar-refractivity contribution in [3.05, 3.63) is 29.3 Å². The fraction of sp³-hybridized carbons (Fsp3) is 0.529. The fourth-order valence-electron chi connectivity index (χ4n) is 2.85. The highest BCUT2D eigenvalue weighted by Gasteiger charge is 2.25. The number of piperidine rings is 1. The van der Waals surface area contributed by atoms with Gasteiger partial charge >= 0.3 is 0 Å². The summed E-state index contributed by atoms with van der Waals surface area (Å²) in [6.07, 6.45) is 1.95. The SMILES string of the molecule is COCCOCC1CCN(C(=O)c2cc(-c3cccs3)[nH]n2)CC1. The minimum atomic E-state index is 0.00723. The van der Waals surface area contributed by atoms with E-state index >= 15 is 0 Å². The van der Waals surface area contributed by atoms with E-state index in [-0.39, 0.29) is 5.91 Å². The van der Waals surface area contributed by atoms with Crippen LogP contribution >= 0.6 is 11.3 Å². The van der Waals surface area contributed by atoms with Gasteiger partial charge in [-0.3, -0.25) is 9.89 Å². The Bertz CT molecular complexity index is 633. The smallest absolute Gasteiger partial charge is 0.274 e. The van der Waals surface area contributed by atoms with Gasteiger partial charge in [-0.1, -0.05) is 6.07 Å². The number of hydrogen-bond donors (Lipinski definition) is 1. The first-order valence-electron chi connectivity index (χ1n) is 8.23. The van der Waals surface area contributed by atoms with Crippen molar-refractivity contribution in [3.8, 4) is 10.6 Å². The summed E-state index contributed by atoms with van der Waals surface area (Å²) < 4.78 is 10.6. The summed E-state index contributed by atoms with van der Waals surface area (Å²) >= 11 is 1.63. The van der Waals surface area contributed by atoms with Crippen molar-refractivity contribution in [3.63, 3.8) is 0 Å². The Balaban J connectivity index is 1.49. The van der Waals surface area contributed by atoms with Crippen molar-refractivity contribution in [2.45, 2.75) is 12.8 Å². The van der Waals surface area contributed by atoms with Crippen LogP contribution in [-0.4, -0.2) is 61.0 Å². The van der Waals surface area contributed by atoms with Crippen LogP contribution in [0.15, 0.2) is 23.6 Å². The predicted molar refractivity (Wildman–Crippen MR) is 93.2 cm³/mol. The molecule has 130 valence electrons. The van der Waals surface area contributed by atoms with E-state index in [0.717, 1.165) is 43.1 Å². The minimum Gasteiger partial charge on any atom is -0.382 e. The molecule has 1 amide bonds. The van der Waals surface area contributed by atoms with E-state index < -0.39 is 0 Å². The molecule has 24 heavy (non-hydrogen) atoms. The molecule has 6 nitrogen and oxygen atoms in total. The molecule has 7 heteroatoms. The lowest BCUT2D eigenvalue weighted by Gasteiger charge is -2.31. The molecule has 2 aromatic rings. The van der Waals surface area contributed by atoms with Crippen LogP contribution in [0, 0.1) is 5.92 Å². The second kappa shape index (κ2) is 8.41. The van der Waals surface area contributed by atoms with Crippen molar-refractivity contribution in [2.75, 3.05) is 40.0 Å². The maximum absolute atomic E-state index is 12.6. The van der Waals surface area contributed by atoms with Crippen molar-refractivity contribution in [1.29, 1.82) is 0 Å². The Hall–Kier alpha value is -1.70. The highest BCUT2D eigenvalue weighted by Crippen LogP contribution is 2.24. The van der Waals surface area contributed by atoms with Crippen LogP contribution in [0.2, 0.25) is 0 Å². The molecule has 0 saturated carbocycles. The van der Waals surface area contributed by atoms with Crippen LogP contribution in [0.4, 0.5) is 0 Å². The van der Waals surface area contributed by atoms with Crippen molar-refractivity contribution in [1.82, 2.24) is 15.1 Å². The van der Waals surface area contributed by atoms with Gasteiger partial charge in [0, 0.05) is 26.8 Å². The van der Waals surface area contributed by atoms with Crippen LogP contribution in [0.3, 0.4) is 0 Å². The number of rotatable bonds is 7. The predicted octanol–water partition coefficient (Wildman–Crippen LogP) is 2.65. The number of carbonyl (C=O) groups is 1. The van der Waals surface area contributed by atoms with E-state index in [0.29, 0.717) is 24.8 Å². The number of likely N-dealkylation sites (tertiary alicyclic amines) is 1. The van der Waals surface area contributed by atoms with Gasteiger partial charge in [-0.15, -0.1) is 11.3 Å². The summed E-state index contributed by atoms with van der Waals surface area (Å²) in [5, 5.41) is 9.16. The molecule has 0 radical (unpaired) electrons. The van der Waals surface area contributed by atoms with Crippen molar-refractivity contribution >= 4 is 17.2 Å². The molecule has 1 saturated heterocycles. The molecule has 1 aliphatic rings. The van der Waals surface area contributed by atoms with Gasteiger partial charge in [0.2, 0.25) is 0 Å². The van der Waals surface area contributed by atoms with Gasteiger partial charge in [-0.05, 0) is 36.3 Å². The molecule has 0 aliphatic carbocycles. The van der Waals surface area contributed by atoms with Crippen molar-refractivity contribution in [2.24, 2.45) is 5.92 Å². The van der Waals surface area contributed by atoms with Gasteiger partial charge < -0.3 is 14.4 Å². The first kappa shape index (κ1) is 17.1. The largest absolute Gasteiger partial charge is 0.382 e. The number of methoxy groups -OCH3 is 1. The standard InChI is InChI=1S/C17H23N3O3S/c1-22-8-9-23-12-13-4-6-20(7-5-13)17(21)15-11-14(18-19-15)16-3-2-10-24-16/h2-3,10-11,13H,4-9,12H2,1H3,(H,18,19). The average molecular weight is 349 g/mol. The van der Waals surface area contributed by atoms with E-state index in [2.05, 4.69) is 10.2 Å². The van der Waals surface area contributed by atoms with E-state index in [4.69, 9.17) is 9.47 Å². The number of nitrogens with zero attached hydrogens (tertiary/aromatic N) is 2. The highest BCUT2D eigenvalue weighted by molar-refractivity contribution is 7.13. The quantitative estimate of drug-likeness (QED) is 0.781. The Morgan fingerprint density at radius 3 is 2.96 bits per heavy atom. The summed E-state index contributed by atoms with van der Waals surface area (Å²) in [6.45, 7) is 3.53. The van der Waals surface area contributed by atoms with Gasteiger partial charge in [0.15, 0.2) is 5.69 Å². The Labute approximate surface area is 145 Å². The number of ether oxygens (including phenoxy) is 2. The molecule has 3 rings (SSSR count). The number of carbonyl (C=O) groups excluding carboxylic acids is 1. The lowest BCUT2D eigenvalue weighted by molar-refractivity contribution is 0.0326. The summed E-state index contributed by atoms with van der Waals surface area (Å²) in [4.78, 5) is 15.6. The average Bonchev–Trinajstić information content (AvgIpc) is 3.29. The van der Waals surface area contributed by atoms with E-state index in [1.165, 1.54) is 0 Å². The normalized spacial score (nSPS) is 15.8. The third-order valence-corrected chi connectivity index (χ3v) is 5.17. The number of thiophene rings is 1. The number of aromatic amines is 1. The molecular weight excluding hydrogens is 326 g/mol. The Kier molecular flexibility index (Phi) is 6.01. The van der Waals surface area contributed by atoms with Gasteiger partial charge in [0.05, 0.1) is 23.8 Å². The first-order valence-corrected chi connectivity index (χ1v) is 9.11. The Morgan fingerprint density at radius 1 is 1.42 bits per heavy atom. The number of aromatic nitrogens is 2.